The Kier molecular flexibility index (Phi) is 4.30. The molecule has 0 fully saturated rings. The van der Waals surface area contributed by atoms with Crippen LogP contribution in [0.4, 0.5) is 14.5 Å². The average molecular weight is 270 g/mol. The zero-order valence-electron chi connectivity index (χ0n) is 9.31. The van der Waals surface area contributed by atoms with Crippen molar-refractivity contribution in [3.63, 3.8) is 0 Å². The molecule has 6 nitrogen and oxygen atoms in total. The number of aliphatic carboxylic acids is 1. The normalized spacial score (nSPS) is 10.4. The van der Waals surface area contributed by atoms with Crippen LogP contribution in [0, 0.1) is 11.6 Å². The lowest BCUT2D eigenvalue weighted by Crippen LogP contribution is -2.16. The Hall–Kier alpha value is -2.77. The first-order valence-electron chi connectivity index (χ1n) is 4.82. The third kappa shape index (κ3) is 3.87. The second-order valence-electron chi connectivity index (χ2n) is 3.34. The molecule has 100 valence electrons. The maximum absolute atomic E-state index is 13.3. The van der Waals surface area contributed by atoms with Gasteiger partial charge in [0, 0.05) is 18.2 Å². The number of carboxylic acids is 1. The highest BCUT2D eigenvalue weighted by atomic mass is 19.1. The Balaban J connectivity index is 3.01. The number of primary amides is 1. The van der Waals surface area contributed by atoms with Crippen LogP contribution in [-0.4, -0.2) is 22.9 Å². The number of nitrogens with one attached hydrogen (secondary N) is 1. The second-order valence-corrected chi connectivity index (χ2v) is 3.34. The molecule has 0 atom stereocenters. The van der Waals surface area contributed by atoms with E-state index < -0.39 is 40.7 Å². The molecule has 8 heteroatoms. The fourth-order valence-corrected chi connectivity index (χ4v) is 1.15. The monoisotopic (exact) mass is 270 g/mol. The Morgan fingerprint density at radius 1 is 1.16 bits per heavy atom. The van der Waals surface area contributed by atoms with Crippen LogP contribution in [-0.2, 0) is 9.59 Å². The van der Waals surface area contributed by atoms with Crippen molar-refractivity contribution in [3.8, 4) is 0 Å². The van der Waals surface area contributed by atoms with Crippen LogP contribution in [0.5, 0.6) is 0 Å². The molecule has 0 bridgehead atoms. The van der Waals surface area contributed by atoms with E-state index in [4.69, 9.17) is 10.8 Å². The van der Waals surface area contributed by atoms with Gasteiger partial charge in [0.05, 0.1) is 11.3 Å². The van der Waals surface area contributed by atoms with E-state index in [1.165, 1.54) is 0 Å². The molecule has 4 N–H and O–H groups in total. The number of hydrogen-bond acceptors (Lipinski definition) is 3. The van der Waals surface area contributed by atoms with Gasteiger partial charge in [0.25, 0.3) is 5.91 Å². The number of carbonyl (C=O) groups excluding carboxylic acids is 2. The van der Waals surface area contributed by atoms with Gasteiger partial charge in [-0.1, -0.05) is 0 Å². The van der Waals surface area contributed by atoms with E-state index >= 15 is 0 Å². The fourth-order valence-electron chi connectivity index (χ4n) is 1.15. The highest BCUT2D eigenvalue weighted by molar-refractivity contribution is 6.03. The summed E-state index contributed by atoms with van der Waals surface area (Å²) in [5.41, 5.74) is 3.77. The molecule has 0 aliphatic heterocycles. The van der Waals surface area contributed by atoms with Crippen LogP contribution in [0.25, 0.3) is 0 Å². The Morgan fingerprint density at radius 2 is 1.79 bits per heavy atom. The lowest BCUT2D eigenvalue weighted by atomic mass is 10.1. The second kappa shape index (κ2) is 5.71. The number of rotatable bonds is 4. The molecule has 1 aromatic rings. The number of amides is 2. The molecule has 19 heavy (non-hydrogen) atoms. The van der Waals surface area contributed by atoms with E-state index in [1.807, 2.05) is 5.32 Å². The van der Waals surface area contributed by atoms with Crippen LogP contribution >= 0.6 is 0 Å². The summed E-state index contributed by atoms with van der Waals surface area (Å²) >= 11 is 0. The van der Waals surface area contributed by atoms with Gasteiger partial charge in [-0.25, -0.2) is 13.6 Å². The predicted molar refractivity (Wildman–Crippen MR) is 60.3 cm³/mol. The molecule has 0 heterocycles. The van der Waals surface area contributed by atoms with Gasteiger partial charge in [0.15, 0.2) is 0 Å². The van der Waals surface area contributed by atoms with Crippen molar-refractivity contribution < 1.29 is 28.3 Å². The van der Waals surface area contributed by atoms with Crippen LogP contribution in [0.2, 0.25) is 0 Å². The Labute approximate surface area is 105 Å². The fraction of sp³-hybridized carbons (Fsp3) is 0. The molecule has 2 amide bonds. The van der Waals surface area contributed by atoms with Crippen molar-refractivity contribution in [1.29, 1.82) is 0 Å². The van der Waals surface area contributed by atoms with Crippen molar-refractivity contribution in [3.05, 3.63) is 41.5 Å². The van der Waals surface area contributed by atoms with Crippen molar-refractivity contribution in [2.75, 3.05) is 5.32 Å². The topological polar surface area (TPSA) is 109 Å². The van der Waals surface area contributed by atoms with Gasteiger partial charge in [0.1, 0.15) is 11.6 Å². The summed E-state index contributed by atoms with van der Waals surface area (Å²) in [5.74, 6) is -5.74. The maximum Gasteiger partial charge on any atom is 0.328 e. The molecule has 1 aromatic carbocycles. The van der Waals surface area contributed by atoms with Crippen LogP contribution in [0.3, 0.4) is 0 Å². The van der Waals surface area contributed by atoms with Crippen molar-refractivity contribution in [2.24, 2.45) is 5.73 Å². The zero-order chi connectivity index (χ0) is 14.6. The third-order valence-electron chi connectivity index (χ3n) is 1.96. The Morgan fingerprint density at radius 3 is 2.32 bits per heavy atom. The summed E-state index contributed by atoms with van der Waals surface area (Å²) in [7, 11) is 0. The molecule has 1 rings (SSSR count). The summed E-state index contributed by atoms with van der Waals surface area (Å²) in [6.07, 6.45) is 1.17. The molecule has 0 aliphatic rings. The number of carbonyl (C=O) groups is 3. The number of halogens is 2. The van der Waals surface area contributed by atoms with Crippen molar-refractivity contribution in [1.82, 2.24) is 0 Å². The summed E-state index contributed by atoms with van der Waals surface area (Å²) in [5, 5.41) is 10.2. The smallest absolute Gasteiger partial charge is 0.328 e. The third-order valence-corrected chi connectivity index (χ3v) is 1.96. The van der Waals surface area contributed by atoms with E-state index in [9.17, 15) is 23.2 Å². The molecule has 0 spiro atoms. The first-order valence-corrected chi connectivity index (χ1v) is 4.82. The first kappa shape index (κ1) is 14.3. The summed E-state index contributed by atoms with van der Waals surface area (Å²) in [6, 6.07) is 1.11. The van der Waals surface area contributed by atoms with Crippen molar-refractivity contribution >= 4 is 23.5 Å². The van der Waals surface area contributed by atoms with E-state index in [1.54, 1.807) is 0 Å². The van der Waals surface area contributed by atoms with Gasteiger partial charge in [-0.15, -0.1) is 0 Å². The highest BCUT2D eigenvalue weighted by Crippen LogP contribution is 2.19. The average Bonchev–Trinajstić information content (AvgIpc) is 2.29. The number of carboxylic acid groups (broad SMARTS) is 1. The van der Waals surface area contributed by atoms with Gasteiger partial charge < -0.3 is 16.2 Å². The largest absolute Gasteiger partial charge is 0.478 e. The predicted octanol–water partition coefficient (Wildman–Crippen LogP) is 0.643. The quantitative estimate of drug-likeness (QED) is 0.697. The van der Waals surface area contributed by atoms with E-state index in [0.717, 1.165) is 6.07 Å². The molecule has 0 saturated heterocycles. The number of nitrogens with two attached hydrogens (primary N) is 1. The molecular weight excluding hydrogens is 262 g/mol. The minimum absolute atomic E-state index is 0.386. The molecule has 0 aliphatic carbocycles. The molecule has 0 unspecified atom stereocenters. The first-order chi connectivity index (χ1) is 8.81. The van der Waals surface area contributed by atoms with Gasteiger partial charge in [-0.05, 0) is 6.07 Å². The summed E-state index contributed by atoms with van der Waals surface area (Å²) in [6.45, 7) is 0. The van der Waals surface area contributed by atoms with Gasteiger partial charge in [-0.2, -0.15) is 0 Å². The Bertz CT molecular complexity index is 584. The number of benzene rings is 1. The minimum Gasteiger partial charge on any atom is -0.478 e. The van der Waals surface area contributed by atoms with E-state index in [-0.39, 0.29) is 0 Å². The van der Waals surface area contributed by atoms with Gasteiger partial charge in [-0.3, -0.25) is 9.59 Å². The number of hydrogen-bond donors (Lipinski definition) is 3. The minimum atomic E-state index is -1.37. The standard InChI is InChI=1S/C11H8F2N2O4/c12-6-4-7(13)8(3-5(6)11(14)19)15-9(16)1-2-10(17)18/h1-4H,(H2,14,19)(H,15,16)(H,17,18)/b2-1+. The zero-order valence-corrected chi connectivity index (χ0v) is 9.31. The van der Waals surface area contributed by atoms with Gasteiger partial charge >= 0.3 is 5.97 Å². The SMILES string of the molecule is NC(=O)c1cc(NC(=O)/C=C/C(=O)O)c(F)cc1F. The molecule has 0 radical (unpaired) electrons. The van der Waals surface area contributed by atoms with Crippen LogP contribution in [0.1, 0.15) is 10.4 Å². The van der Waals surface area contributed by atoms with Crippen LogP contribution < -0.4 is 11.1 Å². The molecule has 0 aromatic heterocycles. The lowest BCUT2D eigenvalue weighted by Gasteiger charge is -2.06. The van der Waals surface area contributed by atoms with E-state index in [0.29, 0.717) is 18.2 Å². The summed E-state index contributed by atoms with van der Waals surface area (Å²) < 4.78 is 26.4. The van der Waals surface area contributed by atoms with Crippen LogP contribution in [0.15, 0.2) is 24.3 Å². The number of anilines is 1. The molecular formula is C11H8F2N2O4. The van der Waals surface area contributed by atoms with Crippen molar-refractivity contribution in [2.45, 2.75) is 0 Å². The summed E-state index contributed by atoms with van der Waals surface area (Å²) in [4.78, 5) is 32.2. The molecule has 0 saturated carbocycles. The van der Waals surface area contributed by atoms with E-state index in [2.05, 4.69) is 0 Å². The van der Waals surface area contributed by atoms with Gasteiger partial charge in [0.2, 0.25) is 5.91 Å². The maximum atomic E-state index is 13.3. The lowest BCUT2D eigenvalue weighted by molar-refractivity contribution is -0.131. The highest BCUT2D eigenvalue weighted by Gasteiger charge is 2.14.